The van der Waals surface area contributed by atoms with Gasteiger partial charge < -0.3 is 5.32 Å². The molecule has 100 valence electrons. The summed E-state index contributed by atoms with van der Waals surface area (Å²) < 4.78 is 0. The van der Waals surface area contributed by atoms with Crippen molar-refractivity contribution in [2.24, 2.45) is 0 Å². The molecule has 0 atom stereocenters. The molecule has 0 radical (unpaired) electrons. The van der Waals surface area contributed by atoms with E-state index in [1.165, 1.54) is 5.57 Å². The first-order valence-electron chi connectivity index (χ1n) is 6.13. The summed E-state index contributed by atoms with van der Waals surface area (Å²) in [6.45, 7) is 6.12. The standard InChI is InChI=1S/C14H18Cl3N/c1-3-7-18-9-10(4-2)8-11-12(15)5-6-13(16)14(11)17/h5-6,8,18H,3-4,7,9H2,1-2H3/b10-8+. The van der Waals surface area contributed by atoms with Crippen molar-refractivity contribution in [3.63, 3.8) is 0 Å². The van der Waals surface area contributed by atoms with Crippen LogP contribution in [0.15, 0.2) is 17.7 Å². The largest absolute Gasteiger partial charge is 0.313 e. The first kappa shape index (κ1) is 15.8. The highest BCUT2D eigenvalue weighted by molar-refractivity contribution is 6.44. The van der Waals surface area contributed by atoms with Gasteiger partial charge in [0.25, 0.3) is 0 Å². The maximum atomic E-state index is 6.18. The van der Waals surface area contributed by atoms with Gasteiger partial charge in [0.2, 0.25) is 0 Å². The highest BCUT2D eigenvalue weighted by atomic mass is 35.5. The second-order valence-electron chi connectivity index (χ2n) is 4.09. The fourth-order valence-corrected chi connectivity index (χ4v) is 2.23. The van der Waals surface area contributed by atoms with Crippen LogP contribution in [0.2, 0.25) is 15.1 Å². The summed E-state index contributed by atoms with van der Waals surface area (Å²) >= 11 is 18.3. The monoisotopic (exact) mass is 305 g/mol. The third kappa shape index (κ3) is 4.47. The van der Waals surface area contributed by atoms with Gasteiger partial charge in [0.1, 0.15) is 0 Å². The second-order valence-corrected chi connectivity index (χ2v) is 5.28. The lowest BCUT2D eigenvalue weighted by Gasteiger charge is -2.09. The van der Waals surface area contributed by atoms with Gasteiger partial charge in [0, 0.05) is 17.1 Å². The lowest BCUT2D eigenvalue weighted by molar-refractivity contribution is 0.706. The van der Waals surface area contributed by atoms with Crippen molar-refractivity contribution in [3.05, 3.63) is 38.3 Å². The van der Waals surface area contributed by atoms with Crippen LogP contribution in [0.4, 0.5) is 0 Å². The highest BCUT2D eigenvalue weighted by Gasteiger charge is 2.08. The Balaban J connectivity index is 2.94. The summed E-state index contributed by atoms with van der Waals surface area (Å²) in [5.74, 6) is 0. The van der Waals surface area contributed by atoms with Crippen LogP contribution in [-0.4, -0.2) is 13.1 Å². The number of nitrogens with one attached hydrogen (secondary N) is 1. The molecule has 0 aliphatic rings. The third-order valence-electron chi connectivity index (χ3n) is 2.66. The normalized spacial score (nSPS) is 11.9. The Kier molecular flexibility index (Phi) is 7.10. The molecule has 1 aromatic carbocycles. The average molecular weight is 307 g/mol. The fourth-order valence-electron chi connectivity index (χ4n) is 1.58. The average Bonchev–Trinajstić information content (AvgIpc) is 2.37. The molecule has 0 heterocycles. The predicted molar refractivity (Wildman–Crippen MR) is 82.9 cm³/mol. The fraction of sp³-hybridized carbons (Fsp3) is 0.429. The molecule has 1 nitrogen and oxygen atoms in total. The Morgan fingerprint density at radius 2 is 1.83 bits per heavy atom. The number of hydrogen-bond acceptors (Lipinski definition) is 1. The summed E-state index contributed by atoms with van der Waals surface area (Å²) in [7, 11) is 0. The minimum Gasteiger partial charge on any atom is -0.313 e. The van der Waals surface area contributed by atoms with E-state index in [4.69, 9.17) is 34.8 Å². The van der Waals surface area contributed by atoms with Gasteiger partial charge in [0.05, 0.1) is 10.0 Å². The Labute approximate surface area is 124 Å². The minimum absolute atomic E-state index is 0.519. The van der Waals surface area contributed by atoms with Crippen molar-refractivity contribution in [3.8, 4) is 0 Å². The molecule has 0 amide bonds. The van der Waals surface area contributed by atoms with Gasteiger partial charge >= 0.3 is 0 Å². The SMILES string of the molecule is CCCNC/C(=C/c1c(Cl)ccc(Cl)c1Cl)CC. The second kappa shape index (κ2) is 8.06. The molecule has 0 spiro atoms. The summed E-state index contributed by atoms with van der Waals surface area (Å²) in [4.78, 5) is 0. The lowest BCUT2D eigenvalue weighted by Crippen LogP contribution is -2.17. The first-order chi connectivity index (χ1) is 8.60. The molecule has 0 aliphatic heterocycles. The number of halogens is 3. The Morgan fingerprint density at radius 3 is 2.44 bits per heavy atom. The molecule has 0 bridgehead atoms. The van der Waals surface area contributed by atoms with Crippen LogP contribution in [0.3, 0.4) is 0 Å². The van der Waals surface area contributed by atoms with E-state index in [0.717, 1.165) is 31.5 Å². The molecule has 1 aromatic rings. The Hall–Kier alpha value is -0.210. The van der Waals surface area contributed by atoms with Crippen molar-refractivity contribution < 1.29 is 0 Å². The Morgan fingerprint density at radius 1 is 1.17 bits per heavy atom. The predicted octanol–water partition coefficient (Wildman–Crippen LogP) is 5.44. The molecule has 18 heavy (non-hydrogen) atoms. The van der Waals surface area contributed by atoms with Crippen molar-refractivity contribution in [1.29, 1.82) is 0 Å². The van der Waals surface area contributed by atoms with E-state index in [-0.39, 0.29) is 0 Å². The molecule has 0 saturated carbocycles. The van der Waals surface area contributed by atoms with Crippen LogP contribution in [-0.2, 0) is 0 Å². The number of rotatable bonds is 6. The van der Waals surface area contributed by atoms with Gasteiger partial charge in [0.15, 0.2) is 0 Å². The summed E-state index contributed by atoms with van der Waals surface area (Å²) in [6, 6.07) is 3.48. The summed E-state index contributed by atoms with van der Waals surface area (Å²) in [5, 5.41) is 5.05. The Bertz CT molecular complexity index is 427. The number of benzene rings is 1. The van der Waals surface area contributed by atoms with Crippen LogP contribution >= 0.6 is 34.8 Å². The van der Waals surface area contributed by atoms with Crippen LogP contribution in [0.5, 0.6) is 0 Å². The molecule has 0 saturated heterocycles. The van der Waals surface area contributed by atoms with Gasteiger partial charge in [-0.1, -0.05) is 60.3 Å². The first-order valence-corrected chi connectivity index (χ1v) is 7.27. The lowest BCUT2D eigenvalue weighted by atomic mass is 10.1. The minimum atomic E-state index is 0.519. The van der Waals surface area contributed by atoms with Crippen LogP contribution in [0.25, 0.3) is 6.08 Å². The molecular formula is C14H18Cl3N. The van der Waals surface area contributed by atoms with E-state index in [2.05, 4.69) is 19.2 Å². The van der Waals surface area contributed by atoms with Gasteiger partial charge in [-0.25, -0.2) is 0 Å². The molecule has 4 heteroatoms. The van der Waals surface area contributed by atoms with Crippen molar-refractivity contribution in [2.45, 2.75) is 26.7 Å². The smallest absolute Gasteiger partial charge is 0.0679 e. The maximum absolute atomic E-state index is 6.18. The maximum Gasteiger partial charge on any atom is 0.0679 e. The van der Waals surface area contributed by atoms with E-state index in [1.807, 2.05) is 6.08 Å². The molecule has 0 unspecified atom stereocenters. The molecule has 1 N–H and O–H groups in total. The number of hydrogen-bond donors (Lipinski definition) is 1. The van der Waals surface area contributed by atoms with Gasteiger partial charge in [-0.15, -0.1) is 0 Å². The van der Waals surface area contributed by atoms with E-state index in [0.29, 0.717) is 15.1 Å². The molecular weight excluding hydrogens is 289 g/mol. The zero-order valence-electron chi connectivity index (χ0n) is 10.7. The van der Waals surface area contributed by atoms with Crippen LogP contribution < -0.4 is 5.32 Å². The zero-order chi connectivity index (χ0) is 13.5. The quantitative estimate of drug-likeness (QED) is 0.545. The molecule has 1 rings (SSSR count). The molecule has 0 fully saturated rings. The zero-order valence-corrected chi connectivity index (χ0v) is 13.0. The van der Waals surface area contributed by atoms with E-state index < -0.39 is 0 Å². The van der Waals surface area contributed by atoms with E-state index in [9.17, 15) is 0 Å². The third-order valence-corrected chi connectivity index (χ3v) is 3.81. The topological polar surface area (TPSA) is 12.0 Å². The highest BCUT2D eigenvalue weighted by Crippen LogP contribution is 2.33. The van der Waals surface area contributed by atoms with Gasteiger partial charge in [-0.05, 0) is 31.5 Å². The van der Waals surface area contributed by atoms with Crippen LogP contribution in [0.1, 0.15) is 32.3 Å². The molecule has 0 aromatic heterocycles. The van der Waals surface area contributed by atoms with Crippen molar-refractivity contribution >= 4 is 40.9 Å². The summed E-state index contributed by atoms with van der Waals surface area (Å²) in [6.07, 6.45) is 4.10. The van der Waals surface area contributed by atoms with Crippen molar-refractivity contribution in [2.75, 3.05) is 13.1 Å². The molecule has 0 aliphatic carbocycles. The summed E-state index contributed by atoms with van der Waals surface area (Å²) in [5.41, 5.74) is 2.07. The van der Waals surface area contributed by atoms with Crippen molar-refractivity contribution in [1.82, 2.24) is 5.32 Å². The van der Waals surface area contributed by atoms with E-state index in [1.54, 1.807) is 12.1 Å². The van der Waals surface area contributed by atoms with Gasteiger partial charge in [-0.2, -0.15) is 0 Å². The van der Waals surface area contributed by atoms with Gasteiger partial charge in [-0.3, -0.25) is 0 Å². The van der Waals surface area contributed by atoms with Crippen LogP contribution in [0, 0.1) is 0 Å². The van der Waals surface area contributed by atoms with E-state index >= 15 is 0 Å².